The first kappa shape index (κ1) is 13.1. The van der Waals surface area contributed by atoms with E-state index in [1.54, 1.807) is 11.0 Å². The molecule has 0 radical (unpaired) electrons. The Hall–Kier alpha value is -1.35. The van der Waals surface area contributed by atoms with Crippen molar-refractivity contribution in [3.63, 3.8) is 0 Å². The summed E-state index contributed by atoms with van der Waals surface area (Å²) < 4.78 is 5.71. The third-order valence-electron chi connectivity index (χ3n) is 3.62. The Morgan fingerprint density at radius 2 is 2.28 bits per heavy atom. The number of carbonyl (C=O) groups is 1. The quantitative estimate of drug-likeness (QED) is 0.794. The highest BCUT2D eigenvalue weighted by atomic mass is 16.5. The Morgan fingerprint density at radius 1 is 1.44 bits per heavy atom. The Morgan fingerprint density at radius 3 is 3.06 bits per heavy atom. The molecule has 1 N–H and O–H groups in total. The fourth-order valence-corrected chi connectivity index (χ4v) is 2.64. The maximum Gasteiger partial charge on any atom is 0.153 e. The molecule has 0 saturated carbocycles. The molecule has 1 heterocycles. The minimum Gasteiger partial charge on any atom is -0.487 e. The largest absolute Gasteiger partial charge is 0.487 e. The summed E-state index contributed by atoms with van der Waals surface area (Å²) in [7, 11) is 0. The van der Waals surface area contributed by atoms with Crippen molar-refractivity contribution >= 4 is 6.29 Å². The van der Waals surface area contributed by atoms with Crippen molar-refractivity contribution < 1.29 is 14.4 Å². The van der Waals surface area contributed by atoms with E-state index in [-0.39, 0.29) is 0 Å². The summed E-state index contributed by atoms with van der Waals surface area (Å²) >= 11 is 0. The van der Waals surface area contributed by atoms with Crippen LogP contribution in [0.5, 0.6) is 5.75 Å². The SMILES string of the molecule is C[C@H]1CCC[NH+](CCOc2ccccc2C=O)C1. The van der Waals surface area contributed by atoms with Gasteiger partial charge in [-0.15, -0.1) is 0 Å². The van der Waals surface area contributed by atoms with Crippen molar-refractivity contribution in [3.05, 3.63) is 29.8 Å². The zero-order valence-corrected chi connectivity index (χ0v) is 11.0. The van der Waals surface area contributed by atoms with Crippen LogP contribution in [0.15, 0.2) is 24.3 Å². The second kappa shape index (κ2) is 6.55. The van der Waals surface area contributed by atoms with E-state index in [1.165, 1.54) is 25.9 Å². The van der Waals surface area contributed by atoms with Gasteiger partial charge in [0, 0.05) is 5.92 Å². The van der Waals surface area contributed by atoms with Gasteiger partial charge in [-0.2, -0.15) is 0 Å². The molecule has 1 aliphatic rings. The van der Waals surface area contributed by atoms with E-state index in [0.29, 0.717) is 17.9 Å². The van der Waals surface area contributed by atoms with Crippen molar-refractivity contribution in [3.8, 4) is 5.75 Å². The van der Waals surface area contributed by atoms with Gasteiger partial charge in [-0.1, -0.05) is 19.1 Å². The molecule has 0 spiro atoms. The first-order chi connectivity index (χ1) is 8.79. The summed E-state index contributed by atoms with van der Waals surface area (Å²) in [5.74, 6) is 1.54. The van der Waals surface area contributed by atoms with Crippen LogP contribution in [0, 0.1) is 5.92 Å². The number of aldehydes is 1. The van der Waals surface area contributed by atoms with E-state index in [9.17, 15) is 4.79 Å². The van der Waals surface area contributed by atoms with Crippen LogP contribution < -0.4 is 9.64 Å². The van der Waals surface area contributed by atoms with Crippen molar-refractivity contribution in [2.45, 2.75) is 19.8 Å². The number of carbonyl (C=O) groups excluding carboxylic acids is 1. The van der Waals surface area contributed by atoms with Crippen LogP contribution in [-0.2, 0) is 0 Å². The van der Waals surface area contributed by atoms with Crippen LogP contribution in [0.4, 0.5) is 0 Å². The zero-order chi connectivity index (χ0) is 12.8. The zero-order valence-electron chi connectivity index (χ0n) is 11.0. The summed E-state index contributed by atoms with van der Waals surface area (Å²) in [4.78, 5) is 12.5. The minimum absolute atomic E-state index is 0.638. The van der Waals surface area contributed by atoms with Crippen molar-refractivity contribution in [1.82, 2.24) is 0 Å². The minimum atomic E-state index is 0.638. The molecule has 1 aliphatic heterocycles. The fraction of sp³-hybridized carbons (Fsp3) is 0.533. The molecule has 0 amide bonds. The molecule has 3 nitrogen and oxygen atoms in total. The third kappa shape index (κ3) is 3.57. The van der Waals surface area contributed by atoms with Crippen molar-refractivity contribution in [1.29, 1.82) is 0 Å². The number of hydrogen-bond donors (Lipinski definition) is 1. The molecular formula is C15H22NO2+. The molecule has 3 heteroatoms. The molecule has 0 aliphatic carbocycles. The van der Waals surface area contributed by atoms with Gasteiger partial charge in [0.2, 0.25) is 0 Å². The van der Waals surface area contributed by atoms with Crippen LogP contribution in [0.25, 0.3) is 0 Å². The number of piperidine rings is 1. The maximum absolute atomic E-state index is 10.8. The molecular weight excluding hydrogens is 226 g/mol. The average Bonchev–Trinajstić information content (AvgIpc) is 2.39. The van der Waals surface area contributed by atoms with Crippen LogP contribution in [0.3, 0.4) is 0 Å². The van der Waals surface area contributed by atoms with Gasteiger partial charge < -0.3 is 9.64 Å². The number of rotatable bonds is 5. The lowest BCUT2D eigenvalue weighted by Gasteiger charge is -2.27. The number of para-hydroxylation sites is 1. The smallest absolute Gasteiger partial charge is 0.153 e. The lowest BCUT2D eigenvalue weighted by Crippen LogP contribution is -3.14. The number of likely N-dealkylation sites (tertiary alicyclic amines) is 1. The summed E-state index contributed by atoms with van der Waals surface area (Å²) in [5, 5.41) is 0. The molecule has 1 unspecified atom stereocenters. The second-order valence-electron chi connectivity index (χ2n) is 5.21. The molecule has 0 aromatic heterocycles. The van der Waals surface area contributed by atoms with Gasteiger partial charge in [0.05, 0.1) is 18.7 Å². The van der Waals surface area contributed by atoms with Gasteiger partial charge in [-0.05, 0) is 25.0 Å². The van der Waals surface area contributed by atoms with Crippen LogP contribution in [0.2, 0.25) is 0 Å². The normalized spacial score (nSPS) is 23.6. The Bertz CT molecular complexity index is 392. The number of quaternary nitrogens is 1. The first-order valence-electron chi connectivity index (χ1n) is 6.80. The van der Waals surface area contributed by atoms with Crippen LogP contribution in [0.1, 0.15) is 30.1 Å². The Kier molecular flexibility index (Phi) is 4.76. The van der Waals surface area contributed by atoms with Crippen molar-refractivity contribution in [2.75, 3.05) is 26.2 Å². The molecule has 2 rings (SSSR count). The Balaban J connectivity index is 1.79. The van der Waals surface area contributed by atoms with Crippen LogP contribution >= 0.6 is 0 Å². The summed E-state index contributed by atoms with van der Waals surface area (Å²) in [6.45, 7) is 6.54. The van der Waals surface area contributed by atoms with Gasteiger partial charge >= 0.3 is 0 Å². The second-order valence-corrected chi connectivity index (χ2v) is 5.21. The van der Waals surface area contributed by atoms with Gasteiger partial charge in [0.1, 0.15) is 18.9 Å². The molecule has 2 atom stereocenters. The number of ether oxygens (including phenoxy) is 1. The highest BCUT2D eigenvalue weighted by Gasteiger charge is 2.19. The van der Waals surface area contributed by atoms with E-state index in [2.05, 4.69) is 6.92 Å². The fourth-order valence-electron chi connectivity index (χ4n) is 2.64. The standard InChI is InChI=1S/C15H21NO2/c1-13-5-4-8-16(11-13)9-10-18-15-7-3-2-6-14(15)12-17/h2-3,6-7,12-13H,4-5,8-11H2,1H3/p+1/t13-/m0/s1. The molecule has 1 aromatic rings. The lowest BCUT2D eigenvalue weighted by molar-refractivity contribution is -0.908. The third-order valence-corrected chi connectivity index (χ3v) is 3.62. The Labute approximate surface area is 109 Å². The van der Waals surface area contributed by atoms with Gasteiger partial charge in [0.25, 0.3) is 0 Å². The number of nitrogens with one attached hydrogen (secondary N) is 1. The predicted octanol–water partition coefficient (Wildman–Crippen LogP) is 1.19. The van der Waals surface area contributed by atoms with Gasteiger partial charge in [-0.3, -0.25) is 4.79 Å². The van der Waals surface area contributed by atoms with E-state index < -0.39 is 0 Å². The topological polar surface area (TPSA) is 30.7 Å². The van der Waals surface area contributed by atoms with E-state index in [1.807, 2.05) is 18.2 Å². The molecule has 1 aromatic carbocycles. The molecule has 1 saturated heterocycles. The molecule has 18 heavy (non-hydrogen) atoms. The predicted molar refractivity (Wildman–Crippen MR) is 71.3 cm³/mol. The molecule has 0 bridgehead atoms. The van der Waals surface area contributed by atoms with E-state index in [0.717, 1.165) is 18.7 Å². The monoisotopic (exact) mass is 248 g/mol. The molecule has 98 valence electrons. The number of hydrogen-bond acceptors (Lipinski definition) is 2. The average molecular weight is 248 g/mol. The van der Waals surface area contributed by atoms with Crippen LogP contribution in [-0.4, -0.2) is 32.5 Å². The summed E-state index contributed by atoms with van der Waals surface area (Å²) in [6.07, 6.45) is 3.53. The summed E-state index contributed by atoms with van der Waals surface area (Å²) in [6, 6.07) is 7.41. The molecule has 1 fully saturated rings. The van der Waals surface area contributed by atoms with Crippen molar-refractivity contribution in [2.24, 2.45) is 5.92 Å². The highest BCUT2D eigenvalue weighted by Crippen LogP contribution is 2.15. The summed E-state index contributed by atoms with van der Waals surface area (Å²) in [5.41, 5.74) is 0.638. The van der Waals surface area contributed by atoms with Gasteiger partial charge in [-0.25, -0.2) is 0 Å². The van der Waals surface area contributed by atoms with E-state index in [4.69, 9.17) is 4.74 Å². The lowest BCUT2D eigenvalue weighted by atomic mass is 10.0. The van der Waals surface area contributed by atoms with Gasteiger partial charge in [0.15, 0.2) is 6.29 Å². The number of benzene rings is 1. The first-order valence-corrected chi connectivity index (χ1v) is 6.80. The highest BCUT2D eigenvalue weighted by molar-refractivity contribution is 5.79. The van der Waals surface area contributed by atoms with E-state index >= 15 is 0 Å². The maximum atomic E-state index is 10.8.